The first-order valence-corrected chi connectivity index (χ1v) is 4.02. The van der Waals surface area contributed by atoms with E-state index in [9.17, 15) is 4.79 Å². The number of aliphatic hydroxyl groups is 1. The molecule has 0 bridgehead atoms. The number of hydrogen-bond acceptors (Lipinski definition) is 3. The maximum atomic E-state index is 11.5. The van der Waals surface area contributed by atoms with Crippen LogP contribution in [0.2, 0.25) is 0 Å². The van der Waals surface area contributed by atoms with Gasteiger partial charge in [0.05, 0.1) is 12.6 Å². The molecule has 0 aliphatic carbocycles. The lowest BCUT2D eigenvalue weighted by atomic mass is 10.3. The molecule has 1 aromatic rings. The van der Waals surface area contributed by atoms with Crippen molar-refractivity contribution in [2.45, 2.75) is 13.0 Å². The van der Waals surface area contributed by atoms with Crippen LogP contribution in [0.5, 0.6) is 0 Å². The van der Waals surface area contributed by atoms with Gasteiger partial charge in [-0.2, -0.15) is 0 Å². The Bertz CT molecular complexity index is 271. The first kappa shape index (κ1) is 9.73. The van der Waals surface area contributed by atoms with Gasteiger partial charge in [0, 0.05) is 19.4 Å². The molecular weight excluding hydrogens is 170 g/mol. The zero-order chi connectivity index (χ0) is 9.84. The van der Waals surface area contributed by atoms with Gasteiger partial charge in [0.1, 0.15) is 6.33 Å². The number of nitrogens with zero attached hydrogens (tertiary/aromatic N) is 3. The maximum Gasteiger partial charge on any atom is 0.329 e. The molecule has 1 aromatic heterocycles. The summed E-state index contributed by atoms with van der Waals surface area (Å²) in [6.45, 7) is 1.73. The van der Waals surface area contributed by atoms with E-state index in [-0.39, 0.29) is 18.7 Å². The summed E-state index contributed by atoms with van der Waals surface area (Å²) in [5.74, 6) is 0. The number of imidazole rings is 1. The monoisotopic (exact) mass is 183 g/mol. The Morgan fingerprint density at radius 1 is 1.77 bits per heavy atom. The molecule has 0 aliphatic heterocycles. The van der Waals surface area contributed by atoms with Crippen molar-refractivity contribution in [2.75, 3.05) is 13.7 Å². The second kappa shape index (κ2) is 4.04. The van der Waals surface area contributed by atoms with Crippen molar-refractivity contribution >= 4 is 6.03 Å². The minimum Gasteiger partial charge on any atom is -0.394 e. The van der Waals surface area contributed by atoms with Gasteiger partial charge >= 0.3 is 6.03 Å². The minimum absolute atomic E-state index is 0.0447. The van der Waals surface area contributed by atoms with Crippen LogP contribution in [0.1, 0.15) is 6.92 Å². The normalized spacial score (nSPS) is 12.5. The summed E-state index contributed by atoms with van der Waals surface area (Å²) in [5.41, 5.74) is 0. The highest BCUT2D eigenvalue weighted by atomic mass is 16.3. The van der Waals surface area contributed by atoms with Crippen LogP contribution in [0.15, 0.2) is 18.7 Å². The lowest BCUT2D eigenvalue weighted by Crippen LogP contribution is -2.39. The lowest BCUT2D eigenvalue weighted by Gasteiger charge is -2.22. The molecule has 0 aliphatic rings. The van der Waals surface area contributed by atoms with E-state index in [0.717, 1.165) is 0 Å². The van der Waals surface area contributed by atoms with Crippen LogP contribution in [-0.4, -0.2) is 45.3 Å². The average molecular weight is 183 g/mol. The molecule has 0 aromatic carbocycles. The van der Waals surface area contributed by atoms with E-state index in [2.05, 4.69) is 4.98 Å². The van der Waals surface area contributed by atoms with Gasteiger partial charge in [0.15, 0.2) is 0 Å². The summed E-state index contributed by atoms with van der Waals surface area (Å²) in [6.07, 6.45) is 4.54. The predicted molar refractivity (Wildman–Crippen MR) is 47.3 cm³/mol. The van der Waals surface area contributed by atoms with Gasteiger partial charge in [-0.3, -0.25) is 4.57 Å². The van der Waals surface area contributed by atoms with E-state index >= 15 is 0 Å². The molecule has 1 amide bonds. The molecule has 1 N–H and O–H groups in total. The highest BCUT2D eigenvalue weighted by Gasteiger charge is 2.15. The molecule has 0 saturated heterocycles. The van der Waals surface area contributed by atoms with Gasteiger partial charge in [-0.1, -0.05) is 0 Å². The van der Waals surface area contributed by atoms with Crippen molar-refractivity contribution in [3.8, 4) is 0 Å². The van der Waals surface area contributed by atoms with Crippen LogP contribution in [0.4, 0.5) is 4.79 Å². The number of hydrogen-bond donors (Lipinski definition) is 1. The fourth-order valence-corrected chi connectivity index (χ4v) is 0.865. The van der Waals surface area contributed by atoms with Gasteiger partial charge in [0.25, 0.3) is 0 Å². The molecule has 5 nitrogen and oxygen atoms in total. The molecule has 0 saturated carbocycles. The Morgan fingerprint density at radius 3 is 2.92 bits per heavy atom. The molecule has 1 atom stereocenters. The topological polar surface area (TPSA) is 58.4 Å². The molecular formula is C8H13N3O2. The Hall–Kier alpha value is -1.36. The smallest absolute Gasteiger partial charge is 0.329 e. The Kier molecular flexibility index (Phi) is 3.02. The van der Waals surface area contributed by atoms with Gasteiger partial charge in [0.2, 0.25) is 0 Å². The quantitative estimate of drug-likeness (QED) is 0.710. The number of aromatic nitrogens is 2. The van der Waals surface area contributed by atoms with E-state index < -0.39 is 0 Å². The molecule has 1 rings (SSSR count). The predicted octanol–water partition coefficient (Wildman–Crippen LogP) is 0.164. The molecule has 72 valence electrons. The van der Waals surface area contributed by atoms with E-state index in [4.69, 9.17) is 5.11 Å². The SMILES string of the molecule is CC(CO)N(C)C(=O)n1ccnc1. The van der Waals surface area contributed by atoms with Crippen molar-refractivity contribution in [3.63, 3.8) is 0 Å². The highest BCUT2D eigenvalue weighted by molar-refractivity contribution is 5.76. The summed E-state index contributed by atoms with van der Waals surface area (Å²) in [4.78, 5) is 16.8. The fourth-order valence-electron chi connectivity index (χ4n) is 0.865. The van der Waals surface area contributed by atoms with Gasteiger partial charge in [-0.25, -0.2) is 9.78 Å². The van der Waals surface area contributed by atoms with Crippen molar-refractivity contribution in [3.05, 3.63) is 18.7 Å². The summed E-state index contributed by atoms with van der Waals surface area (Å²) in [6, 6.07) is -0.381. The molecule has 13 heavy (non-hydrogen) atoms. The van der Waals surface area contributed by atoms with Crippen LogP contribution in [0, 0.1) is 0 Å². The Labute approximate surface area is 76.6 Å². The van der Waals surface area contributed by atoms with E-state index in [0.29, 0.717) is 0 Å². The second-order valence-electron chi connectivity index (χ2n) is 2.90. The molecule has 1 unspecified atom stereocenters. The number of aliphatic hydroxyl groups excluding tert-OH is 1. The van der Waals surface area contributed by atoms with Crippen molar-refractivity contribution in [2.24, 2.45) is 0 Å². The molecule has 0 fully saturated rings. The Balaban J connectivity index is 2.68. The standard InChI is InChI=1S/C8H13N3O2/c1-7(5-12)10(2)8(13)11-4-3-9-6-11/h3-4,6-7,12H,5H2,1-2H3. The number of rotatable bonds is 2. The van der Waals surface area contributed by atoms with Crippen LogP contribution in [0.3, 0.4) is 0 Å². The van der Waals surface area contributed by atoms with Gasteiger partial charge < -0.3 is 10.0 Å². The highest BCUT2D eigenvalue weighted by Crippen LogP contribution is 1.98. The van der Waals surface area contributed by atoms with E-state index in [1.54, 1.807) is 20.2 Å². The molecule has 0 spiro atoms. The van der Waals surface area contributed by atoms with Crippen LogP contribution in [-0.2, 0) is 0 Å². The third kappa shape index (κ3) is 2.06. The Morgan fingerprint density at radius 2 is 2.46 bits per heavy atom. The number of likely N-dealkylation sites (N-methyl/N-ethyl adjacent to an activating group) is 1. The summed E-state index contributed by atoms with van der Waals surface area (Å²) in [7, 11) is 1.64. The van der Waals surface area contributed by atoms with Crippen molar-refractivity contribution < 1.29 is 9.90 Å². The van der Waals surface area contributed by atoms with Crippen molar-refractivity contribution in [1.29, 1.82) is 0 Å². The van der Waals surface area contributed by atoms with Crippen molar-refractivity contribution in [1.82, 2.24) is 14.5 Å². The van der Waals surface area contributed by atoms with Crippen LogP contribution in [0.25, 0.3) is 0 Å². The minimum atomic E-state index is -0.195. The number of amides is 1. The summed E-state index contributed by atoms with van der Waals surface area (Å²) >= 11 is 0. The van der Waals surface area contributed by atoms with Crippen LogP contribution >= 0.6 is 0 Å². The molecule has 5 heteroatoms. The first-order chi connectivity index (χ1) is 6.16. The van der Waals surface area contributed by atoms with Crippen LogP contribution < -0.4 is 0 Å². The second-order valence-corrected chi connectivity index (χ2v) is 2.90. The summed E-state index contributed by atoms with van der Waals surface area (Å²) < 4.78 is 1.37. The number of carbonyl (C=O) groups is 1. The van der Waals surface area contributed by atoms with E-state index in [1.165, 1.54) is 22.0 Å². The lowest BCUT2D eigenvalue weighted by molar-refractivity contribution is 0.158. The molecule has 0 radical (unpaired) electrons. The largest absolute Gasteiger partial charge is 0.394 e. The first-order valence-electron chi connectivity index (χ1n) is 4.02. The number of carbonyl (C=O) groups excluding carboxylic acids is 1. The average Bonchev–Trinajstić information content (AvgIpc) is 2.67. The van der Waals surface area contributed by atoms with E-state index in [1.807, 2.05) is 0 Å². The zero-order valence-electron chi connectivity index (χ0n) is 7.71. The van der Waals surface area contributed by atoms with Gasteiger partial charge in [-0.15, -0.1) is 0 Å². The summed E-state index contributed by atoms with van der Waals surface area (Å²) in [5, 5.41) is 8.83. The fraction of sp³-hybridized carbons (Fsp3) is 0.500. The maximum absolute atomic E-state index is 11.5. The van der Waals surface area contributed by atoms with Gasteiger partial charge in [-0.05, 0) is 6.92 Å². The zero-order valence-corrected chi connectivity index (χ0v) is 7.71. The molecule has 1 heterocycles. The third-order valence-corrected chi connectivity index (χ3v) is 1.95. The third-order valence-electron chi connectivity index (χ3n) is 1.95.